The van der Waals surface area contributed by atoms with Gasteiger partial charge in [-0.15, -0.1) is 0 Å². The molecule has 0 radical (unpaired) electrons. The van der Waals surface area contributed by atoms with Gasteiger partial charge in [0, 0.05) is 11.1 Å². The fourth-order valence-corrected chi connectivity index (χ4v) is 3.58. The van der Waals surface area contributed by atoms with Crippen LogP contribution in [0.5, 0.6) is 0 Å². The molecule has 0 fully saturated rings. The van der Waals surface area contributed by atoms with E-state index in [1.807, 2.05) is 30.3 Å². The molecule has 8 heteroatoms. The van der Waals surface area contributed by atoms with Gasteiger partial charge in [0.15, 0.2) is 11.6 Å². The molecule has 172 valence electrons. The molecule has 8 nitrogen and oxygen atoms in total. The average Bonchev–Trinajstić information content (AvgIpc) is 2.78. The Kier molecular flexibility index (Phi) is 9.67. The van der Waals surface area contributed by atoms with E-state index in [1.165, 1.54) is 6.07 Å². The molecule has 32 heavy (non-hydrogen) atoms. The molecule has 2 aromatic carbocycles. The van der Waals surface area contributed by atoms with Crippen molar-refractivity contribution < 1.29 is 19.5 Å². The van der Waals surface area contributed by atoms with Gasteiger partial charge < -0.3 is 28.0 Å². The zero-order chi connectivity index (χ0) is 23.7. The molecule has 0 amide bonds. The van der Waals surface area contributed by atoms with Gasteiger partial charge in [-0.25, -0.2) is 0 Å². The lowest BCUT2D eigenvalue weighted by Gasteiger charge is -2.20. The fourth-order valence-electron chi connectivity index (χ4n) is 3.58. The third kappa shape index (κ3) is 6.80. The zero-order valence-corrected chi connectivity index (χ0v) is 18.1. The molecule has 2 aromatic rings. The molecule has 0 aliphatic heterocycles. The summed E-state index contributed by atoms with van der Waals surface area (Å²) >= 11 is 0. The predicted octanol–water partition coefficient (Wildman–Crippen LogP) is 1.03. The summed E-state index contributed by atoms with van der Waals surface area (Å²) in [6.45, 7) is 0.489. The Morgan fingerprint density at radius 1 is 0.781 bits per heavy atom. The molecule has 2 rings (SSSR count). The molecule has 0 heterocycles. The first-order valence-electron chi connectivity index (χ1n) is 10.7. The minimum Gasteiger partial charge on any atom is -0.480 e. The highest BCUT2D eigenvalue weighted by molar-refractivity contribution is 6.13. The number of carboxylic acids is 1. The van der Waals surface area contributed by atoms with E-state index >= 15 is 0 Å². The van der Waals surface area contributed by atoms with Crippen LogP contribution in [-0.4, -0.2) is 47.3 Å². The van der Waals surface area contributed by atoms with E-state index in [4.69, 9.17) is 22.9 Å². The van der Waals surface area contributed by atoms with E-state index in [2.05, 4.69) is 0 Å². The second kappa shape index (κ2) is 12.2. The van der Waals surface area contributed by atoms with Crippen LogP contribution in [0.15, 0.2) is 48.5 Å². The number of carbonyl (C=O) groups is 3. The van der Waals surface area contributed by atoms with Crippen LogP contribution in [0.1, 0.15) is 51.1 Å². The summed E-state index contributed by atoms with van der Waals surface area (Å²) in [6.07, 6.45) is 1.98. The third-order valence-electron chi connectivity index (χ3n) is 5.36. The Balaban J connectivity index is 2.40. The maximum absolute atomic E-state index is 13.3. The smallest absolute Gasteiger partial charge is 0.320 e. The molecule has 0 aliphatic carbocycles. The summed E-state index contributed by atoms with van der Waals surface area (Å²) in [7, 11) is 0. The first-order chi connectivity index (χ1) is 15.3. The molecule has 3 atom stereocenters. The summed E-state index contributed by atoms with van der Waals surface area (Å²) < 4.78 is 0. The number of carbonyl (C=O) groups excluding carboxylic acids is 2. The lowest BCUT2D eigenvalue weighted by Crippen LogP contribution is -2.38. The van der Waals surface area contributed by atoms with Crippen molar-refractivity contribution in [2.75, 3.05) is 6.54 Å². The first-order valence-corrected chi connectivity index (χ1v) is 10.7. The van der Waals surface area contributed by atoms with Gasteiger partial charge in [-0.2, -0.15) is 0 Å². The molecule has 0 aliphatic rings. The summed E-state index contributed by atoms with van der Waals surface area (Å²) in [6, 6.07) is 11.1. The number of nitrogens with two attached hydrogens (primary N) is 4. The predicted molar refractivity (Wildman–Crippen MR) is 123 cm³/mol. The molecule has 0 saturated carbocycles. The number of hydrogen-bond acceptors (Lipinski definition) is 7. The summed E-state index contributed by atoms with van der Waals surface area (Å²) in [5.74, 6) is -2.03. The summed E-state index contributed by atoms with van der Waals surface area (Å²) in [5, 5.41) is 9.22. The van der Waals surface area contributed by atoms with Crippen molar-refractivity contribution in [3.8, 4) is 0 Å². The average molecular weight is 441 g/mol. The molecular formula is C24H32N4O4. The number of rotatable bonds is 13. The number of unbranched alkanes of at least 4 members (excludes halogenated alkanes) is 1. The number of benzene rings is 2. The van der Waals surface area contributed by atoms with Gasteiger partial charge >= 0.3 is 5.97 Å². The van der Waals surface area contributed by atoms with E-state index < -0.39 is 35.7 Å². The van der Waals surface area contributed by atoms with E-state index in [-0.39, 0.29) is 17.5 Å². The van der Waals surface area contributed by atoms with Crippen molar-refractivity contribution in [2.24, 2.45) is 22.9 Å². The number of Topliss-reactive ketones (excluding diaryl/α,β-unsaturated/α-hetero) is 2. The Morgan fingerprint density at radius 3 is 2.09 bits per heavy atom. The lowest BCUT2D eigenvalue weighted by molar-refractivity contribution is -0.138. The Morgan fingerprint density at radius 2 is 1.47 bits per heavy atom. The number of ketones is 2. The summed E-state index contributed by atoms with van der Waals surface area (Å²) in [5.41, 5.74) is 25.1. The lowest BCUT2D eigenvalue weighted by atomic mass is 9.86. The van der Waals surface area contributed by atoms with Gasteiger partial charge in [-0.05, 0) is 43.4 Å². The zero-order valence-electron chi connectivity index (χ0n) is 18.1. The van der Waals surface area contributed by atoms with Crippen LogP contribution in [0.25, 0.3) is 0 Å². The second-order valence-corrected chi connectivity index (χ2v) is 7.90. The Labute approximate surface area is 188 Å². The molecular weight excluding hydrogens is 408 g/mol. The van der Waals surface area contributed by atoms with Crippen LogP contribution >= 0.6 is 0 Å². The van der Waals surface area contributed by atoms with E-state index in [0.717, 1.165) is 12.0 Å². The SMILES string of the molecule is NCCCCC(N)C(=O)c1c(CC(N)C(=O)O)cccc1C(=O)C(N)Cc1ccccc1. The number of aliphatic carboxylic acids is 1. The number of carboxylic acid groups (broad SMARTS) is 1. The van der Waals surface area contributed by atoms with Crippen molar-refractivity contribution in [3.05, 3.63) is 70.8 Å². The highest BCUT2D eigenvalue weighted by Crippen LogP contribution is 2.22. The Hall–Kier alpha value is -2.91. The second-order valence-electron chi connectivity index (χ2n) is 7.90. The molecule has 9 N–H and O–H groups in total. The minimum atomic E-state index is -1.22. The van der Waals surface area contributed by atoms with E-state index in [0.29, 0.717) is 31.4 Å². The first kappa shape index (κ1) is 25.4. The van der Waals surface area contributed by atoms with Crippen LogP contribution in [0, 0.1) is 0 Å². The van der Waals surface area contributed by atoms with Crippen molar-refractivity contribution >= 4 is 17.5 Å². The highest BCUT2D eigenvalue weighted by atomic mass is 16.4. The number of hydrogen-bond donors (Lipinski definition) is 5. The Bertz CT molecular complexity index is 933. The third-order valence-corrected chi connectivity index (χ3v) is 5.36. The fraction of sp³-hybridized carbons (Fsp3) is 0.375. The summed E-state index contributed by atoms with van der Waals surface area (Å²) in [4.78, 5) is 37.8. The molecule has 0 saturated heterocycles. The van der Waals surface area contributed by atoms with E-state index in [1.54, 1.807) is 12.1 Å². The van der Waals surface area contributed by atoms with Gasteiger partial charge in [0.1, 0.15) is 6.04 Å². The molecule has 0 spiro atoms. The highest BCUT2D eigenvalue weighted by Gasteiger charge is 2.28. The van der Waals surface area contributed by atoms with E-state index in [9.17, 15) is 19.5 Å². The van der Waals surface area contributed by atoms with Gasteiger partial charge in [0.05, 0.1) is 12.1 Å². The van der Waals surface area contributed by atoms with Crippen molar-refractivity contribution in [2.45, 2.75) is 50.2 Å². The maximum atomic E-state index is 13.3. The normalized spacial score (nSPS) is 13.9. The van der Waals surface area contributed by atoms with Crippen LogP contribution in [0.2, 0.25) is 0 Å². The standard InChI is InChI=1S/C24H32N4O4/c25-12-5-4-11-18(26)23(30)21-16(14-20(28)24(31)32)9-6-10-17(21)22(29)19(27)13-15-7-2-1-3-8-15/h1-3,6-10,18-20H,4-5,11-14,25-28H2,(H,31,32). The van der Waals surface area contributed by atoms with Crippen LogP contribution in [-0.2, 0) is 17.6 Å². The van der Waals surface area contributed by atoms with Gasteiger partial charge in [0.2, 0.25) is 0 Å². The topological polar surface area (TPSA) is 176 Å². The van der Waals surface area contributed by atoms with Crippen LogP contribution in [0.3, 0.4) is 0 Å². The van der Waals surface area contributed by atoms with Crippen LogP contribution in [0.4, 0.5) is 0 Å². The van der Waals surface area contributed by atoms with Crippen molar-refractivity contribution in [1.82, 2.24) is 0 Å². The monoisotopic (exact) mass is 440 g/mol. The molecule has 0 aromatic heterocycles. The van der Waals surface area contributed by atoms with Gasteiger partial charge in [-0.1, -0.05) is 55.0 Å². The largest absolute Gasteiger partial charge is 0.480 e. The van der Waals surface area contributed by atoms with Crippen molar-refractivity contribution in [3.63, 3.8) is 0 Å². The maximum Gasteiger partial charge on any atom is 0.320 e. The minimum absolute atomic E-state index is 0.109. The van der Waals surface area contributed by atoms with Crippen molar-refractivity contribution in [1.29, 1.82) is 0 Å². The molecule has 0 bridgehead atoms. The van der Waals surface area contributed by atoms with Gasteiger partial charge in [-0.3, -0.25) is 14.4 Å². The molecule has 3 unspecified atom stereocenters. The van der Waals surface area contributed by atoms with Crippen LogP contribution < -0.4 is 22.9 Å². The van der Waals surface area contributed by atoms with Gasteiger partial charge in [0.25, 0.3) is 0 Å². The quantitative estimate of drug-likeness (QED) is 0.227.